The second-order valence-corrected chi connectivity index (χ2v) is 5.76. The molecule has 4 rings (SSSR count). The predicted molar refractivity (Wildman–Crippen MR) is 78.5 cm³/mol. The van der Waals surface area contributed by atoms with Gasteiger partial charge in [0.1, 0.15) is 0 Å². The number of nitrogens with one attached hydrogen (secondary N) is 1. The first-order valence-electron chi connectivity index (χ1n) is 7.24. The molecule has 0 aliphatic carbocycles. The summed E-state index contributed by atoms with van der Waals surface area (Å²) in [6.07, 6.45) is 5.96. The maximum Gasteiger partial charge on any atom is 0.0703 e. The van der Waals surface area contributed by atoms with Gasteiger partial charge in [-0.05, 0) is 31.4 Å². The quantitative estimate of drug-likeness (QED) is 0.846. The van der Waals surface area contributed by atoms with Gasteiger partial charge in [-0.1, -0.05) is 18.2 Å². The average molecular weight is 253 g/mol. The fraction of sp³-hybridized carbons (Fsp3) is 0.438. The number of aromatic nitrogens is 1. The van der Waals surface area contributed by atoms with Crippen molar-refractivity contribution in [3.63, 3.8) is 0 Å². The Morgan fingerprint density at radius 3 is 3.00 bits per heavy atom. The van der Waals surface area contributed by atoms with Crippen LogP contribution in [0.4, 0.5) is 5.69 Å². The van der Waals surface area contributed by atoms with E-state index in [0.29, 0.717) is 6.04 Å². The molecule has 0 radical (unpaired) electrons. The molecule has 2 aliphatic heterocycles. The summed E-state index contributed by atoms with van der Waals surface area (Å²) in [5, 5.41) is 4.97. The van der Waals surface area contributed by atoms with E-state index < -0.39 is 0 Å². The van der Waals surface area contributed by atoms with Gasteiger partial charge in [0.25, 0.3) is 0 Å². The highest BCUT2D eigenvalue weighted by atomic mass is 15.2. The van der Waals surface area contributed by atoms with Crippen molar-refractivity contribution in [3.8, 4) is 0 Å². The van der Waals surface area contributed by atoms with E-state index in [1.807, 2.05) is 12.3 Å². The highest BCUT2D eigenvalue weighted by molar-refractivity contribution is 5.81. The molecule has 3 heterocycles. The minimum absolute atomic E-state index is 0.666. The highest BCUT2D eigenvalue weighted by Crippen LogP contribution is 2.26. The van der Waals surface area contributed by atoms with Crippen LogP contribution in [0.15, 0.2) is 36.5 Å². The second kappa shape index (κ2) is 4.49. The third-order valence-electron chi connectivity index (χ3n) is 4.46. The van der Waals surface area contributed by atoms with Crippen molar-refractivity contribution in [1.82, 2.24) is 10.3 Å². The molecule has 98 valence electrons. The number of hydrogen-bond acceptors (Lipinski definition) is 3. The maximum absolute atomic E-state index is 4.59. The van der Waals surface area contributed by atoms with Crippen molar-refractivity contribution >= 4 is 16.6 Å². The zero-order valence-corrected chi connectivity index (χ0v) is 11.0. The van der Waals surface area contributed by atoms with Crippen LogP contribution in [0, 0.1) is 0 Å². The van der Waals surface area contributed by atoms with E-state index in [1.165, 1.54) is 30.3 Å². The van der Waals surface area contributed by atoms with Crippen molar-refractivity contribution < 1.29 is 0 Å². The predicted octanol–water partition coefficient (Wildman–Crippen LogP) is 2.57. The Labute approximate surface area is 113 Å². The summed E-state index contributed by atoms with van der Waals surface area (Å²) in [5.41, 5.74) is 2.36. The lowest BCUT2D eigenvalue weighted by Crippen LogP contribution is -2.35. The maximum atomic E-state index is 4.59. The normalized spacial score (nSPS) is 26.6. The largest absolute Gasteiger partial charge is 0.369 e. The zero-order chi connectivity index (χ0) is 12.7. The Kier molecular flexibility index (Phi) is 2.66. The molecule has 2 aliphatic rings. The third kappa shape index (κ3) is 2.08. The fourth-order valence-corrected chi connectivity index (χ4v) is 3.41. The summed E-state index contributed by atoms with van der Waals surface area (Å²) >= 11 is 0. The molecule has 2 saturated heterocycles. The minimum Gasteiger partial charge on any atom is -0.369 e. The molecular formula is C16H19N3. The Bertz CT molecular complexity index is 595. The van der Waals surface area contributed by atoms with Gasteiger partial charge < -0.3 is 10.2 Å². The van der Waals surface area contributed by atoms with Gasteiger partial charge in [0.15, 0.2) is 0 Å². The molecule has 1 aromatic heterocycles. The first-order valence-corrected chi connectivity index (χ1v) is 7.24. The standard InChI is InChI=1S/C16H19N3/c1-2-4-16-12(3-1)9-15(10-17-16)19-8-7-13-5-6-14(11-19)18-13/h1-4,9-10,13-14,18H,5-8,11H2. The smallest absolute Gasteiger partial charge is 0.0703 e. The van der Waals surface area contributed by atoms with E-state index >= 15 is 0 Å². The third-order valence-corrected chi connectivity index (χ3v) is 4.46. The Hall–Kier alpha value is -1.61. The topological polar surface area (TPSA) is 28.2 Å². The highest BCUT2D eigenvalue weighted by Gasteiger charge is 2.29. The molecule has 1 N–H and O–H groups in total. The first kappa shape index (κ1) is 11.2. The lowest BCUT2D eigenvalue weighted by molar-refractivity contribution is 0.563. The SMILES string of the molecule is c1ccc2ncc(N3CCC4CCC(C3)N4)cc2c1. The number of para-hydroxylation sites is 1. The number of anilines is 1. The average Bonchev–Trinajstić information content (AvgIpc) is 2.78. The van der Waals surface area contributed by atoms with Crippen LogP contribution in [0.5, 0.6) is 0 Å². The van der Waals surface area contributed by atoms with Crippen LogP contribution in [0.25, 0.3) is 10.9 Å². The summed E-state index contributed by atoms with van der Waals surface area (Å²) in [4.78, 5) is 7.08. The molecule has 0 spiro atoms. The van der Waals surface area contributed by atoms with Crippen LogP contribution >= 0.6 is 0 Å². The van der Waals surface area contributed by atoms with Gasteiger partial charge in [-0.25, -0.2) is 0 Å². The number of rotatable bonds is 1. The molecule has 2 aromatic rings. The van der Waals surface area contributed by atoms with E-state index in [1.54, 1.807) is 0 Å². The van der Waals surface area contributed by atoms with E-state index in [4.69, 9.17) is 0 Å². The van der Waals surface area contributed by atoms with Gasteiger partial charge in [0.05, 0.1) is 17.4 Å². The fourth-order valence-electron chi connectivity index (χ4n) is 3.41. The molecule has 3 heteroatoms. The monoisotopic (exact) mass is 253 g/mol. The summed E-state index contributed by atoms with van der Waals surface area (Å²) in [7, 11) is 0. The van der Waals surface area contributed by atoms with Crippen molar-refractivity contribution in [2.24, 2.45) is 0 Å². The molecule has 1 aromatic carbocycles. The van der Waals surface area contributed by atoms with Crippen LogP contribution < -0.4 is 10.2 Å². The Morgan fingerprint density at radius 2 is 2.00 bits per heavy atom. The molecule has 0 amide bonds. The molecule has 3 nitrogen and oxygen atoms in total. The molecule has 2 atom stereocenters. The van der Waals surface area contributed by atoms with Gasteiger partial charge in [0, 0.05) is 30.6 Å². The van der Waals surface area contributed by atoms with Gasteiger partial charge in [-0.15, -0.1) is 0 Å². The van der Waals surface area contributed by atoms with Crippen molar-refractivity contribution in [3.05, 3.63) is 36.5 Å². The van der Waals surface area contributed by atoms with Gasteiger partial charge in [0.2, 0.25) is 0 Å². The minimum atomic E-state index is 0.666. The number of nitrogens with zero attached hydrogens (tertiary/aromatic N) is 2. The van der Waals surface area contributed by atoms with E-state index in [2.05, 4.69) is 39.5 Å². The van der Waals surface area contributed by atoms with E-state index in [0.717, 1.165) is 24.6 Å². The number of fused-ring (bicyclic) bond motifs is 3. The van der Waals surface area contributed by atoms with E-state index in [-0.39, 0.29) is 0 Å². The zero-order valence-electron chi connectivity index (χ0n) is 11.0. The van der Waals surface area contributed by atoms with Crippen molar-refractivity contribution in [2.75, 3.05) is 18.0 Å². The van der Waals surface area contributed by atoms with Crippen LogP contribution in [0.3, 0.4) is 0 Å². The van der Waals surface area contributed by atoms with Crippen LogP contribution in [0.1, 0.15) is 19.3 Å². The van der Waals surface area contributed by atoms with E-state index in [9.17, 15) is 0 Å². The summed E-state index contributed by atoms with van der Waals surface area (Å²) in [6.45, 7) is 2.27. The Morgan fingerprint density at radius 1 is 1.11 bits per heavy atom. The summed E-state index contributed by atoms with van der Waals surface area (Å²) in [6, 6.07) is 12.0. The molecule has 2 fully saturated rings. The molecule has 0 saturated carbocycles. The summed E-state index contributed by atoms with van der Waals surface area (Å²) < 4.78 is 0. The molecule has 2 bridgehead atoms. The second-order valence-electron chi connectivity index (χ2n) is 5.76. The summed E-state index contributed by atoms with van der Waals surface area (Å²) in [5.74, 6) is 0. The Balaban J connectivity index is 1.66. The lowest BCUT2D eigenvalue weighted by atomic mass is 10.1. The lowest BCUT2D eigenvalue weighted by Gasteiger charge is -2.26. The molecule has 19 heavy (non-hydrogen) atoms. The van der Waals surface area contributed by atoms with Gasteiger partial charge in [-0.2, -0.15) is 0 Å². The number of hydrogen-bond donors (Lipinski definition) is 1. The van der Waals surface area contributed by atoms with Crippen molar-refractivity contribution in [2.45, 2.75) is 31.3 Å². The first-order chi connectivity index (χ1) is 9.38. The van der Waals surface area contributed by atoms with Gasteiger partial charge >= 0.3 is 0 Å². The number of benzene rings is 1. The molecular weight excluding hydrogens is 234 g/mol. The van der Waals surface area contributed by atoms with Gasteiger partial charge in [-0.3, -0.25) is 4.98 Å². The van der Waals surface area contributed by atoms with Crippen LogP contribution in [0.2, 0.25) is 0 Å². The van der Waals surface area contributed by atoms with Crippen LogP contribution in [-0.2, 0) is 0 Å². The van der Waals surface area contributed by atoms with Crippen LogP contribution in [-0.4, -0.2) is 30.2 Å². The van der Waals surface area contributed by atoms with Crippen molar-refractivity contribution in [1.29, 1.82) is 0 Å². The number of pyridine rings is 1. The molecule has 2 unspecified atom stereocenters.